The van der Waals surface area contributed by atoms with Crippen molar-refractivity contribution in [1.82, 2.24) is 0 Å². The molecule has 0 radical (unpaired) electrons. The van der Waals surface area contributed by atoms with Crippen molar-refractivity contribution in [3.63, 3.8) is 0 Å². The number of carboxylic acids is 1. The van der Waals surface area contributed by atoms with Crippen LogP contribution in [-0.2, 0) is 4.79 Å². The predicted molar refractivity (Wildman–Crippen MR) is 63.1 cm³/mol. The minimum absolute atomic E-state index is 0.0290. The Bertz CT molecular complexity index is 490. The Morgan fingerprint density at radius 1 is 1.61 bits per heavy atom. The summed E-state index contributed by atoms with van der Waals surface area (Å²) in [6.45, 7) is 2.98. The van der Waals surface area contributed by atoms with Crippen LogP contribution in [0, 0.1) is 28.8 Å². The van der Waals surface area contributed by atoms with E-state index in [0.29, 0.717) is 0 Å². The van der Waals surface area contributed by atoms with Gasteiger partial charge in [-0.15, -0.1) is 0 Å². The van der Waals surface area contributed by atoms with Crippen LogP contribution < -0.4 is 5.32 Å². The molecule has 0 fully saturated rings. The van der Waals surface area contributed by atoms with Gasteiger partial charge in [-0.1, -0.05) is 6.92 Å². The highest BCUT2D eigenvalue weighted by atomic mass is 19.1. The number of aryl methyl sites for hydroxylation is 1. The lowest BCUT2D eigenvalue weighted by Crippen LogP contribution is -2.20. The van der Waals surface area contributed by atoms with Gasteiger partial charge in [-0.2, -0.15) is 0 Å². The zero-order valence-electron chi connectivity index (χ0n) is 9.94. The van der Waals surface area contributed by atoms with E-state index in [1.54, 1.807) is 0 Å². The van der Waals surface area contributed by atoms with Crippen molar-refractivity contribution in [2.45, 2.75) is 13.8 Å². The number of benzene rings is 1. The maximum Gasteiger partial charge on any atom is 0.308 e. The molecule has 0 saturated carbocycles. The third-order valence-electron chi connectivity index (χ3n) is 2.49. The summed E-state index contributed by atoms with van der Waals surface area (Å²) < 4.78 is 13.2. The van der Waals surface area contributed by atoms with Crippen molar-refractivity contribution >= 4 is 17.3 Å². The summed E-state index contributed by atoms with van der Waals surface area (Å²) in [7, 11) is 0. The molecule has 1 aromatic rings. The molecule has 18 heavy (non-hydrogen) atoms. The Morgan fingerprint density at radius 2 is 2.22 bits per heavy atom. The molecule has 1 unspecified atom stereocenters. The SMILES string of the molecule is Cc1cc(NCC(C)C(=O)O)c([N+](=O)[O-])cc1F. The maximum atomic E-state index is 13.2. The van der Waals surface area contributed by atoms with Crippen LogP contribution >= 0.6 is 0 Å². The summed E-state index contributed by atoms with van der Waals surface area (Å²) in [5.41, 5.74) is -0.0335. The normalized spacial score (nSPS) is 11.9. The summed E-state index contributed by atoms with van der Waals surface area (Å²) in [6.07, 6.45) is 0. The second kappa shape index (κ2) is 5.44. The average Bonchev–Trinajstić information content (AvgIpc) is 2.29. The van der Waals surface area contributed by atoms with Gasteiger partial charge in [0.05, 0.1) is 16.9 Å². The first-order valence-electron chi connectivity index (χ1n) is 5.24. The zero-order chi connectivity index (χ0) is 13.9. The number of nitrogens with one attached hydrogen (secondary N) is 1. The van der Waals surface area contributed by atoms with Gasteiger partial charge in [0.15, 0.2) is 0 Å². The van der Waals surface area contributed by atoms with Gasteiger partial charge in [-0.25, -0.2) is 4.39 Å². The summed E-state index contributed by atoms with van der Waals surface area (Å²) in [5.74, 6) is -2.38. The molecule has 0 heterocycles. The Kier molecular flexibility index (Phi) is 4.19. The monoisotopic (exact) mass is 256 g/mol. The smallest absolute Gasteiger partial charge is 0.308 e. The van der Waals surface area contributed by atoms with Crippen LogP contribution in [0.15, 0.2) is 12.1 Å². The second-order valence-corrected chi connectivity index (χ2v) is 4.00. The lowest BCUT2D eigenvalue weighted by atomic mass is 10.1. The number of nitro benzene ring substituents is 1. The van der Waals surface area contributed by atoms with Gasteiger partial charge in [0.2, 0.25) is 0 Å². The minimum Gasteiger partial charge on any atom is -0.481 e. The highest BCUT2D eigenvalue weighted by molar-refractivity contribution is 5.71. The van der Waals surface area contributed by atoms with Crippen molar-refractivity contribution in [3.05, 3.63) is 33.6 Å². The van der Waals surface area contributed by atoms with Crippen LogP contribution in [0.5, 0.6) is 0 Å². The first kappa shape index (κ1) is 13.9. The quantitative estimate of drug-likeness (QED) is 0.622. The molecule has 0 bridgehead atoms. The Hall–Kier alpha value is -2.18. The van der Waals surface area contributed by atoms with Gasteiger partial charge in [-0.3, -0.25) is 14.9 Å². The van der Waals surface area contributed by atoms with Crippen LogP contribution in [0.2, 0.25) is 0 Å². The number of carbonyl (C=O) groups is 1. The number of nitro groups is 1. The van der Waals surface area contributed by atoms with Crippen LogP contribution in [-0.4, -0.2) is 22.5 Å². The fourth-order valence-corrected chi connectivity index (χ4v) is 1.31. The second-order valence-electron chi connectivity index (χ2n) is 4.00. The molecule has 0 aromatic heterocycles. The molecule has 0 aliphatic rings. The molecule has 98 valence electrons. The van der Waals surface area contributed by atoms with Gasteiger partial charge >= 0.3 is 5.97 Å². The van der Waals surface area contributed by atoms with E-state index in [1.807, 2.05) is 0 Å². The van der Waals surface area contributed by atoms with Crippen molar-refractivity contribution in [2.75, 3.05) is 11.9 Å². The molecule has 6 nitrogen and oxygen atoms in total. The number of carboxylic acid groups (broad SMARTS) is 1. The molecule has 0 aliphatic carbocycles. The molecule has 1 atom stereocenters. The van der Waals surface area contributed by atoms with Gasteiger partial charge in [0, 0.05) is 6.54 Å². The van der Waals surface area contributed by atoms with E-state index in [4.69, 9.17) is 5.11 Å². The average molecular weight is 256 g/mol. The van der Waals surface area contributed by atoms with Crippen LogP contribution in [0.3, 0.4) is 0 Å². The molecule has 0 aliphatic heterocycles. The van der Waals surface area contributed by atoms with Crippen molar-refractivity contribution in [2.24, 2.45) is 5.92 Å². The third-order valence-corrected chi connectivity index (χ3v) is 2.49. The van der Waals surface area contributed by atoms with Crippen LogP contribution in [0.4, 0.5) is 15.8 Å². The molecular weight excluding hydrogens is 243 g/mol. The summed E-state index contributed by atoms with van der Waals surface area (Å²) in [6, 6.07) is 2.12. The fourth-order valence-electron chi connectivity index (χ4n) is 1.31. The zero-order valence-corrected chi connectivity index (χ0v) is 9.94. The minimum atomic E-state index is -1.01. The lowest BCUT2D eigenvalue weighted by molar-refractivity contribution is -0.384. The molecule has 1 aromatic carbocycles. The topological polar surface area (TPSA) is 92.5 Å². The first-order valence-corrected chi connectivity index (χ1v) is 5.24. The highest BCUT2D eigenvalue weighted by Crippen LogP contribution is 2.27. The standard InChI is InChI=1S/C11H13FN2O4/c1-6-3-9(13-5-7(2)11(15)16)10(14(17)18)4-8(6)12/h3-4,7,13H,5H2,1-2H3,(H,15,16). The third kappa shape index (κ3) is 3.16. The lowest BCUT2D eigenvalue weighted by Gasteiger charge is -2.11. The Labute approximate surface area is 103 Å². The molecule has 7 heteroatoms. The molecule has 0 spiro atoms. The molecular formula is C11H13FN2O4. The van der Waals surface area contributed by atoms with Gasteiger partial charge in [0.25, 0.3) is 5.69 Å². The molecule has 0 saturated heterocycles. The Balaban J connectivity index is 2.97. The maximum absolute atomic E-state index is 13.2. The van der Waals surface area contributed by atoms with Crippen molar-refractivity contribution < 1.29 is 19.2 Å². The van der Waals surface area contributed by atoms with E-state index < -0.39 is 28.3 Å². The number of hydrogen-bond acceptors (Lipinski definition) is 4. The van der Waals surface area contributed by atoms with E-state index in [9.17, 15) is 19.3 Å². The molecule has 2 N–H and O–H groups in total. The van der Waals surface area contributed by atoms with E-state index >= 15 is 0 Å². The summed E-state index contributed by atoms with van der Waals surface area (Å²) in [4.78, 5) is 20.7. The number of halogens is 1. The van der Waals surface area contributed by atoms with E-state index in [1.165, 1.54) is 19.9 Å². The number of rotatable bonds is 5. The summed E-state index contributed by atoms with van der Waals surface area (Å²) in [5, 5.41) is 22.1. The predicted octanol–water partition coefficient (Wildman–Crippen LogP) is 2.17. The van der Waals surface area contributed by atoms with Crippen molar-refractivity contribution in [3.8, 4) is 0 Å². The van der Waals surface area contributed by atoms with Crippen LogP contribution in [0.25, 0.3) is 0 Å². The van der Waals surface area contributed by atoms with E-state index in [-0.39, 0.29) is 17.8 Å². The number of anilines is 1. The number of hydrogen-bond donors (Lipinski definition) is 2. The summed E-state index contributed by atoms with van der Waals surface area (Å²) >= 11 is 0. The number of nitrogens with zero attached hydrogens (tertiary/aromatic N) is 1. The first-order chi connectivity index (χ1) is 8.32. The fraction of sp³-hybridized carbons (Fsp3) is 0.364. The molecule has 0 amide bonds. The van der Waals surface area contributed by atoms with Crippen molar-refractivity contribution in [1.29, 1.82) is 0 Å². The van der Waals surface area contributed by atoms with Gasteiger partial charge in [-0.05, 0) is 18.6 Å². The van der Waals surface area contributed by atoms with E-state index in [2.05, 4.69) is 5.32 Å². The van der Waals surface area contributed by atoms with Gasteiger partial charge < -0.3 is 10.4 Å². The highest BCUT2D eigenvalue weighted by Gasteiger charge is 2.18. The van der Waals surface area contributed by atoms with E-state index in [0.717, 1.165) is 6.07 Å². The number of aliphatic carboxylic acids is 1. The Morgan fingerprint density at radius 3 is 2.72 bits per heavy atom. The largest absolute Gasteiger partial charge is 0.481 e. The molecule has 1 rings (SSSR count). The van der Waals surface area contributed by atoms with Gasteiger partial charge in [0.1, 0.15) is 11.5 Å². The van der Waals surface area contributed by atoms with Crippen LogP contribution in [0.1, 0.15) is 12.5 Å².